The lowest BCUT2D eigenvalue weighted by Gasteiger charge is -2.36. The normalized spacial score (nSPS) is 14.1. The monoisotopic (exact) mass is 260 g/mol. The van der Waals surface area contributed by atoms with Gasteiger partial charge in [0.1, 0.15) is 0 Å². The van der Waals surface area contributed by atoms with E-state index in [9.17, 15) is 19.5 Å². The van der Waals surface area contributed by atoms with Crippen molar-refractivity contribution in [1.29, 1.82) is 0 Å². The molecule has 7 heteroatoms. The quantitative estimate of drug-likeness (QED) is 0.611. The van der Waals surface area contributed by atoms with Gasteiger partial charge in [-0.15, -0.1) is 0 Å². The first-order valence-corrected chi connectivity index (χ1v) is 5.66. The van der Waals surface area contributed by atoms with Gasteiger partial charge in [0.25, 0.3) is 5.91 Å². The van der Waals surface area contributed by atoms with E-state index in [0.29, 0.717) is 13.1 Å². The van der Waals surface area contributed by atoms with Crippen LogP contribution in [0.15, 0.2) is 0 Å². The van der Waals surface area contributed by atoms with Crippen molar-refractivity contribution >= 4 is 17.8 Å². The van der Waals surface area contributed by atoms with Gasteiger partial charge in [0, 0.05) is 13.1 Å². The number of carboxylic acids is 2. The summed E-state index contributed by atoms with van der Waals surface area (Å²) >= 11 is 0. The number of aliphatic carboxylic acids is 2. The molecule has 0 aromatic heterocycles. The molecule has 0 aliphatic heterocycles. The summed E-state index contributed by atoms with van der Waals surface area (Å²) in [6.45, 7) is 4.09. The number of carbonyl (C=O) groups is 3. The van der Waals surface area contributed by atoms with Crippen LogP contribution >= 0.6 is 0 Å². The van der Waals surface area contributed by atoms with Crippen molar-refractivity contribution in [3.05, 3.63) is 0 Å². The Morgan fingerprint density at radius 3 is 1.72 bits per heavy atom. The Hall–Kier alpha value is -1.63. The van der Waals surface area contributed by atoms with Crippen molar-refractivity contribution < 1.29 is 24.6 Å². The Morgan fingerprint density at radius 2 is 1.50 bits per heavy atom. The van der Waals surface area contributed by atoms with E-state index in [1.807, 2.05) is 0 Å². The average molecular weight is 260 g/mol. The summed E-state index contributed by atoms with van der Waals surface area (Å²) in [5.74, 6) is -3.48. The van der Waals surface area contributed by atoms with Gasteiger partial charge in [-0.2, -0.15) is 0 Å². The molecule has 0 saturated carbocycles. The Balaban J connectivity index is 5.63. The molecule has 0 saturated heterocycles. The van der Waals surface area contributed by atoms with Crippen LogP contribution in [0.5, 0.6) is 0 Å². The number of hydrogen-bond donors (Lipinski definition) is 2. The second-order valence-corrected chi connectivity index (χ2v) is 4.11. The van der Waals surface area contributed by atoms with Crippen LogP contribution in [0.4, 0.5) is 0 Å². The molecular formula is C11H20N2O5. The summed E-state index contributed by atoms with van der Waals surface area (Å²) in [6.07, 6.45) is -0.773. The highest BCUT2D eigenvalue weighted by Crippen LogP contribution is 2.21. The molecule has 1 amide bonds. The predicted molar refractivity (Wildman–Crippen MR) is 64.2 cm³/mol. The smallest absolute Gasteiger partial charge is 0.334 e. The molecule has 7 nitrogen and oxygen atoms in total. The van der Waals surface area contributed by atoms with Crippen LogP contribution in [0.25, 0.3) is 0 Å². The fourth-order valence-electron chi connectivity index (χ4n) is 1.77. The van der Waals surface area contributed by atoms with Crippen molar-refractivity contribution in [2.75, 3.05) is 27.2 Å². The zero-order valence-electron chi connectivity index (χ0n) is 11.1. The average Bonchev–Trinajstić information content (AvgIpc) is 2.25. The Bertz CT molecular complexity index is 338. The van der Waals surface area contributed by atoms with E-state index >= 15 is 0 Å². The summed E-state index contributed by atoms with van der Waals surface area (Å²) in [7, 11) is 2.77. The van der Waals surface area contributed by atoms with E-state index in [4.69, 9.17) is 5.11 Å². The molecular weight excluding hydrogens is 240 g/mol. The summed E-state index contributed by atoms with van der Waals surface area (Å²) < 4.78 is 0. The van der Waals surface area contributed by atoms with Gasteiger partial charge in [-0.05, 0) is 27.9 Å². The van der Waals surface area contributed by atoms with E-state index in [1.165, 1.54) is 19.0 Å². The third-order valence-corrected chi connectivity index (χ3v) is 2.93. The lowest BCUT2D eigenvalue weighted by molar-refractivity contribution is -0.167. The van der Waals surface area contributed by atoms with E-state index in [0.717, 1.165) is 4.90 Å². The molecule has 0 radical (unpaired) electrons. The van der Waals surface area contributed by atoms with Gasteiger partial charge in [-0.1, -0.05) is 0 Å². The molecule has 18 heavy (non-hydrogen) atoms. The maximum Gasteiger partial charge on any atom is 0.334 e. The molecule has 0 spiro atoms. The first kappa shape index (κ1) is 16.4. The van der Waals surface area contributed by atoms with Crippen LogP contribution in [0, 0.1) is 0 Å². The SMILES string of the molecule is CCN(CC)C(=O)C(CC(=O)O)(C(=O)O)N(C)C. The van der Waals surface area contributed by atoms with E-state index in [-0.39, 0.29) is 0 Å². The van der Waals surface area contributed by atoms with Crippen molar-refractivity contribution in [3.63, 3.8) is 0 Å². The molecule has 0 rings (SSSR count). The van der Waals surface area contributed by atoms with E-state index in [1.54, 1.807) is 13.8 Å². The molecule has 2 N–H and O–H groups in total. The highest BCUT2D eigenvalue weighted by molar-refractivity contribution is 6.09. The van der Waals surface area contributed by atoms with Crippen LogP contribution in [0.2, 0.25) is 0 Å². The summed E-state index contributed by atoms with van der Waals surface area (Å²) in [6, 6.07) is 0. The van der Waals surface area contributed by atoms with Crippen LogP contribution in [0.1, 0.15) is 20.3 Å². The highest BCUT2D eigenvalue weighted by atomic mass is 16.4. The third-order valence-electron chi connectivity index (χ3n) is 2.93. The van der Waals surface area contributed by atoms with Crippen LogP contribution in [-0.2, 0) is 14.4 Å². The molecule has 0 heterocycles. The topological polar surface area (TPSA) is 98.2 Å². The molecule has 0 aliphatic rings. The first-order chi connectivity index (χ1) is 8.23. The minimum atomic E-state index is -2.06. The van der Waals surface area contributed by atoms with E-state index in [2.05, 4.69) is 0 Å². The van der Waals surface area contributed by atoms with Gasteiger partial charge in [-0.3, -0.25) is 14.5 Å². The van der Waals surface area contributed by atoms with Crippen LogP contribution in [-0.4, -0.2) is 70.6 Å². The van der Waals surface area contributed by atoms with Crippen molar-refractivity contribution in [3.8, 4) is 0 Å². The number of amides is 1. The van der Waals surface area contributed by atoms with Crippen LogP contribution in [0.3, 0.4) is 0 Å². The lowest BCUT2D eigenvalue weighted by atomic mass is 9.91. The van der Waals surface area contributed by atoms with Crippen molar-refractivity contribution in [1.82, 2.24) is 9.80 Å². The minimum Gasteiger partial charge on any atom is -0.481 e. The van der Waals surface area contributed by atoms with E-state index < -0.39 is 29.8 Å². The fraction of sp³-hybridized carbons (Fsp3) is 0.727. The molecule has 0 aromatic carbocycles. The Labute approximate surface area is 106 Å². The second-order valence-electron chi connectivity index (χ2n) is 4.11. The number of likely N-dealkylation sites (N-methyl/N-ethyl adjacent to an activating group) is 2. The number of nitrogens with zero attached hydrogens (tertiary/aromatic N) is 2. The minimum absolute atomic E-state index is 0.331. The van der Waals surface area contributed by atoms with Crippen molar-refractivity contribution in [2.45, 2.75) is 25.8 Å². The molecule has 0 bridgehead atoms. The Morgan fingerprint density at radius 1 is 1.06 bits per heavy atom. The van der Waals surface area contributed by atoms with Gasteiger partial charge in [-0.25, -0.2) is 4.79 Å². The Kier molecular flexibility index (Phi) is 5.77. The van der Waals surface area contributed by atoms with Crippen LogP contribution < -0.4 is 0 Å². The summed E-state index contributed by atoms with van der Waals surface area (Å²) in [4.78, 5) is 37.0. The molecule has 0 fully saturated rings. The molecule has 1 atom stereocenters. The largest absolute Gasteiger partial charge is 0.481 e. The van der Waals surface area contributed by atoms with Gasteiger partial charge in [0.2, 0.25) is 5.54 Å². The summed E-state index contributed by atoms with van der Waals surface area (Å²) in [5.41, 5.74) is -2.06. The zero-order valence-corrected chi connectivity index (χ0v) is 11.1. The second kappa shape index (κ2) is 6.34. The summed E-state index contributed by atoms with van der Waals surface area (Å²) in [5, 5.41) is 18.2. The van der Waals surface area contributed by atoms with Crippen molar-refractivity contribution in [2.24, 2.45) is 0 Å². The van der Waals surface area contributed by atoms with Gasteiger partial charge < -0.3 is 15.1 Å². The predicted octanol–water partition coefficient (Wildman–Crippen LogP) is -0.285. The number of carboxylic acid groups (broad SMARTS) is 2. The molecule has 0 aliphatic carbocycles. The first-order valence-electron chi connectivity index (χ1n) is 5.66. The molecule has 104 valence electrons. The maximum absolute atomic E-state index is 12.3. The molecule has 0 aromatic rings. The highest BCUT2D eigenvalue weighted by Gasteiger charge is 2.51. The number of hydrogen-bond acceptors (Lipinski definition) is 4. The maximum atomic E-state index is 12.3. The lowest BCUT2D eigenvalue weighted by Crippen LogP contribution is -2.63. The fourth-order valence-corrected chi connectivity index (χ4v) is 1.77. The third kappa shape index (κ3) is 2.98. The number of rotatable bonds is 7. The van der Waals surface area contributed by atoms with Gasteiger partial charge in [0.15, 0.2) is 0 Å². The zero-order chi connectivity index (χ0) is 14.5. The van der Waals surface area contributed by atoms with Gasteiger partial charge in [0.05, 0.1) is 6.42 Å². The number of carbonyl (C=O) groups excluding carboxylic acids is 1. The van der Waals surface area contributed by atoms with Gasteiger partial charge >= 0.3 is 11.9 Å². The standard InChI is InChI=1S/C11H20N2O5/c1-5-13(6-2)9(16)11(10(17)18,12(3)4)7-8(14)15/h5-7H2,1-4H3,(H,14,15)(H,17,18). The molecule has 1 unspecified atom stereocenters.